The maximum Gasteiger partial charge on any atom is 0.416 e. The van der Waals surface area contributed by atoms with E-state index in [1.807, 2.05) is 19.1 Å². The van der Waals surface area contributed by atoms with Gasteiger partial charge in [-0.25, -0.2) is 0 Å². The topological polar surface area (TPSA) is 78.5 Å². The minimum Gasteiger partial charge on any atom is -0.345 e. The summed E-state index contributed by atoms with van der Waals surface area (Å²) < 4.78 is 38.1. The van der Waals surface area contributed by atoms with Crippen LogP contribution in [0.25, 0.3) is 0 Å². The predicted octanol–water partition coefficient (Wildman–Crippen LogP) is 3.62. The number of rotatable bonds is 7. The first-order valence-electron chi connectivity index (χ1n) is 9.59. The zero-order valence-electron chi connectivity index (χ0n) is 17.4. The Morgan fingerprint density at radius 2 is 1.52 bits per heavy atom. The first-order valence-corrected chi connectivity index (χ1v) is 9.59. The van der Waals surface area contributed by atoms with Gasteiger partial charge in [0, 0.05) is 17.3 Å². The molecule has 0 spiro atoms. The fraction of sp³-hybridized carbons (Fsp3) is 0.318. The molecule has 3 amide bonds. The Morgan fingerprint density at radius 3 is 2.03 bits per heavy atom. The second-order valence-electron chi connectivity index (χ2n) is 7.29. The number of nitrogens with zero attached hydrogens (tertiary/aromatic N) is 1. The number of alkyl halides is 3. The Hall–Kier alpha value is -3.36. The molecule has 2 aromatic rings. The number of benzene rings is 2. The highest BCUT2D eigenvalue weighted by molar-refractivity contribution is 5.98. The first kappa shape index (κ1) is 23.9. The van der Waals surface area contributed by atoms with Gasteiger partial charge in [0.15, 0.2) is 0 Å². The Bertz CT molecular complexity index is 924. The number of hydrogen-bond acceptors (Lipinski definition) is 3. The van der Waals surface area contributed by atoms with Gasteiger partial charge >= 0.3 is 6.18 Å². The van der Waals surface area contributed by atoms with Gasteiger partial charge in [-0.3, -0.25) is 14.4 Å². The summed E-state index contributed by atoms with van der Waals surface area (Å²) >= 11 is 0. The molecule has 0 bridgehead atoms. The molecule has 2 aromatic carbocycles. The van der Waals surface area contributed by atoms with Crippen molar-refractivity contribution in [3.63, 3.8) is 0 Å². The van der Waals surface area contributed by atoms with Gasteiger partial charge in [-0.05, 0) is 57.2 Å². The molecule has 0 heterocycles. The van der Waals surface area contributed by atoms with E-state index in [4.69, 9.17) is 0 Å². The van der Waals surface area contributed by atoms with Crippen LogP contribution >= 0.6 is 0 Å². The number of nitrogens with one attached hydrogen (secondary N) is 2. The Morgan fingerprint density at radius 1 is 0.935 bits per heavy atom. The third-order valence-electron chi connectivity index (χ3n) is 4.44. The van der Waals surface area contributed by atoms with Crippen LogP contribution in [0, 0.1) is 6.92 Å². The van der Waals surface area contributed by atoms with Crippen molar-refractivity contribution in [1.29, 1.82) is 0 Å². The van der Waals surface area contributed by atoms with Crippen molar-refractivity contribution < 1.29 is 27.6 Å². The van der Waals surface area contributed by atoms with Crippen LogP contribution in [-0.4, -0.2) is 41.8 Å². The molecule has 2 N–H and O–H groups in total. The van der Waals surface area contributed by atoms with Crippen LogP contribution in [-0.2, 0) is 15.8 Å². The molecule has 0 aromatic heterocycles. The van der Waals surface area contributed by atoms with Crippen LogP contribution in [0.1, 0.15) is 35.3 Å². The summed E-state index contributed by atoms with van der Waals surface area (Å²) in [7, 11) is 0. The maximum absolute atomic E-state index is 12.7. The van der Waals surface area contributed by atoms with Crippen LogP contribution in [0.15, 0.2) is 48.5 Å². The van der Waals surface area contributed by atoms with Gasteiger partial charge in [0.05, 0.1) is 12.1 Å². The van der Waals surface area contributed by atoms with Gasteiger partial charge in [0.1, 0.15) is 6.54 Å². The molecule has 0 aliphatic rings. The number of carbonyl (C=O) groups excluding carboxylic acids is 3. The average Bonchev–Trinajstić information content (AvgIpc) is 2.71. The molecule has 0 radical (unpaired) electrons. The summed E-state index contributed by atoms with van der Waals surface area (Å²) in [6.45, 7) is 4.65. The molecule has 31 heavy (non-hydrogen) atoms. The number of hydrogen-bond donors (Lipinski definition) is 2. The monoisotopic (exact) mass is 435 g/mol. The molecule has 0 unspecified atom stereocenters. The molecule has 6 nitrogen and oxygen atoms in total. The fourth-order valence-electron chi connectivity index (χ4n) is 2.69. The van der Waals surface area contributed by atoms with Crippen molar-refractivity contribution in [3.05, 3.63) is 65.2 Å². The normalized spacial score (nSPS) is 11.2. The lowest BCUT2D eigenvalue weighted by Gasteiger charge is -2.26. The molecule has 0 saturated heterocycles. The number of anilines is 1. The lowest BCUT2D eigenvalue weighted by atomic mass is 10.1. The molecule has 9 heteroatoms. The van der Waals surface area contributed by atoms with E-state index in [9.17, 15) is 27.6 Å². The standard InChI is InChI=1S/C22H24F3N3O3/c1-14(2)28(21(31)16-6-8-17(9-7-16)22(23,24)25)13-20(30)26-12-19(29)27-18-10-4-15(3)5-11-18/h4-11,14H,12-13H2,1-3H3,(H,26,30)(H,27,29). The molecule has 0 saturated carbocycles. The lowest BCUT2D eigenvalue weighted by Crippen LogP contribution is -2.45. The van der Waals surface area contributed by atoms with E-state index in [1.54, 1.807) is 26.0 Å². The van der Waals surface area contributed by atoms with Crippen molar-refractivity contribution in [1.82, 2.24) is 10.2 Å². The Balaban J connectivity index is 1.94. The highest BCUT2D eigenvalue weighted by Gasteiger charge is 2.30. The minimum absolute atomic E-state index is 0.0339. The second-order valence-corrected chi connectivity index (χ2v) is 7.29. The van der Waals surface area contributed by atoms with Gasteiger partial charge in [-0.1, -0.05) is 17.7 Å². The molecular weight excluding hydrogens is 411 g/mol. The van der Waals surface area contributed by atoms with E-state index in [0.717, 1.165) is 29.8 Å². The van der Waals surface area contributed by atoms with Crippen molar-refractivity contribution in [3.8, 4) is 0 Å². The number of carbonyl (C=O) groups is 3. The third-order valence-corrected chi connectivity index (χ3v) is 4.44. The van der Waals surface area contributed by atoms with Crippen molar-refractivity contribution in [2.45, 2.75) is 33.0 Å². The highest BCUT2D eigenvalue weighted by Crippen LogP contribution is 2.29. The summed E-state index contributed by atoms with van der Waals surface area (Å²) in [5, 5.41) is 5.08. The molecule has 0 aliphatic heterocycles. The van der Waals surface area contributed by atoms with E-state index in [1.165, 1.54) is 4.90 Å². The minimum atomic E-state index is -4.50. The molecule has 0 aliphatic carbocycles. The van der Waals surface area contributed by atoms with Crippen LogP contribution in [0.2, 0.25) is 0 Å². The summed E-state index contributed by atoms with van der Waals surface area (Å²) in [5.41, 5.74) is 0.799. The summed E-state index contributed by atoms with van der Waals surface area (Å²) in [5.74, 6) is -1.57. The van der Waals surface area contributed by atoms with E-state index >= 15 is 0 Å². The number of aryl methyl sites for hydroxylation is 1. The second kappa shape index (κ2) is 10.1. The average molecular weight is 435 g/mol. The van der Waals surface area contributed by atoms with Crippen molar-refractivity contribution in [2.24, 2.45) is 0 Å². The van der Waals surface area contributed by atoms with E-state index in [2.05, 4.69) is 10.6 Å². The van der Waals surface area contributed by atoms with Crippen LogP contribution in [0.4, 0.5) is 18.9 Å². The SMILES string of the molecule is Cc1ccc(NC(=O)CNC(=O)CN(C(=O)c2ccc(C(F)(F)F)cc2)C(C)C)cc1. The zero-order valence-corrected chi connectivity index (χ0v) is 17.4. The zero-order chi connectivity index (χ0) is 23.2. The molecule has 2 rings (SSSR count). The largest absolute Gasteiger partial charge is 0.416 e. The Labute approximate surface area is 178 Å². The molecule has 0 fully saturated rings. The highest BCUT2D eigenvalue weighted by atomic mass is 19.4. The van der Waals surface area contributed by atoms with Gasteiger partial charge in [-0.15, -0.1) is 0 Å². The van der Waals surface area contributed by atoms with Crippen molar-refractivity contribution in [2.75, 3.05) is 18.4 Å². The summed E-state index contributed by atoms with van der Waals surface area (Å²) in [6, 6.07) is 10.5. The lowest BCUT2D eigenvalue weighted by molar-refractivity contribution is -0.137. The quantitative estimate of drug-likeness (QED) is 0.697. The van der Waals surface area contributed by atoms with Gasteiger partial charge in [0.25, 0.3) is 5.91 Å². The van der Waals surface area contributed by atoms with E-state index in [0.29, 0.717) is 5.69 Å². The molecule has 166 valence electrons. The van der Waals surface area contributed by atoms with Crippen LogP contribution < -0.4 is 10.6 Å². The molecule has 0 atom stereocenters. The first-order chi connectivity index (χ1) is 14.5. The van der Waals surface area contributed by atoms with Crippen LogP contribution in [0.5, 0.6) is 0 Å². The van der Waals surface area contributed by atoms with Gasteiger partial charge in [0.2, 0.25) is 11.8 Å². The predicted molar refractivity (Wildman–Crippen MR) is 110 cm³/mol. The van der Waals surface area contributed by atoms with E-state index < -0.39 is 29.5 Å². The summed E-state index contributed by atoms with van der Waals surface area (Å²) in [6.07, 6.45) is -4.50. The smallest absolute Gasteiger partial charge is 0.345 e. The maximum atomic E-state index is 12.7. The van der Waals surface area contributed by atoms with Crippen molar-refractivity contribution >= 4 is 23.4 Å². The van der Waals surface area contributed by atoms with Crippen LogP contribution in [0.3, 0.4) is 0 Å². The summed E-state index contributed by atoms with van der Waals surface area (Å²) in [4.78, 5) is 38.1. The van der Waals surface area contributed by atoms with Gasteiger partial charge < -0.3 is 15.5 Å². The fourth-order valence-corrected chi connectivity index (χ4v) is 2.69. The number of amides is 3. The third kappa shape index (κ3) is 7.13. The van der Waals surface area contributed by atoms with E-state index in [-0.39, 0.29) is 24.7 Å². The molecular formula is C22H24F3N3O3. The van der Waals surface area contributed by atoms with Gasteiger partial charge in [-0.2, -0.15) is 13.2 Å². The number of halogens is 3. The Kier molecular flexibility index (Phi) is 7.79.